The lowest BCUT2D eigenvalue weighted by Gasteiger charge is -2.35. The summed E-state index contributed by atoms with van der Waals surface area (Å²) in [7, 11) is 0. The molecule has 0 aromatic carbocycles. The molecular formula is C16H16N6O2. The Kier molecular flexibility index (Phi) is 3.70. The molecule has 24 heavy (non-hydrogen) atoms. The number of carbonyl (C=O) groups excluding carboxylic acids is 1. The van der Waals surface area contributed by atoms with Gasteiger partial charge in [-0.25, -0.2) is 15.0 Å². The van der Waals surface area contributed by atoms with Crippen LogP contribution in [-0.2, 0) is 0 Å². The van der Waals surface area contributed by atoms with Crippen molar-refractivity contribution in [2.75, 3.05) is 31.1 Å². The number of imidazole rings is 1. The minimum Gasteiger partial charge on any atom is -0.459 e. The summed E-state index contributed by atoms with van der Waals surface area (Å²) >= 11 is 0. The molecule has 1 amide bonds. The molecule has 0 spiro atoms. The lowest BCUT2D eigenvalue weighted by molar-refractivity contribution is 0.0714. The normalized spacial score (nSPS) is 14.8. The maximum absolute atomic E-state index is 12.3. The summed E-state index contributed by atoms with van der Waals surface area (Å²) in [5.74, 6) is 1.93. The Labute approximate surface area is 138 Å². The fourth-order valence-corrected chi connectivity index (χ4v) is 2.74. The highest BCUT2D eigenvalue weighted by atomic mass is 16.3. The molecule has 0 atom stereocenters. The largest absolute Gasteiger partial charge is 0.459 e. The van der Waals surface area contributed by atoms with Gasteiger partial charge in [-0.05, 0) is 12.1 Å². The Morgan fingerprint density at radius 3 is 2.67 bits per heavy atom. The molecule has 3 aromatic heterocycles. The summed E-state index contributed by atoms with van der Waals surface area (Å²) in [6.07, 6.45) is 8.31. The number of carbonyl (C=O) groups is 1. The van der Waals surface area contributed by atoms with Crippen LogP contribution in [0.25, 0.3) is 5.82 Å². The number of rotatable bonds is 3. The second-order valence-corrected chi connectivity index (χ2v) is 5.46. The molecule has 8 nitrogen and oxygen atoms in total. The van der Waals surface area contributed by atoms with Gasteiger partial charge in [0.05, 0.1) is 6.26 Å². The van der Waals surface area contributed by atoms with Crippen LogP contribution in [0.2, 0.25) is 0 Å². The number of aromatic nitrogens is 4. The van der Waals surface area contributed by atoms with Crippen molar-refractivity contribution in [3.8, 4) is 5.82 Å². The van der Waals surface area contributed by atoms with Crippen molar-refractivity contribution in [2.45, 2.75) is 0 Å². The van der Waals surface area contributed by atoms with Crippen LogP contribution in [0.15, 0.2) is 53.9 Å². The van der Waals surface area contributed by atoms with Crippen molar-refractivity contribution >= 4 is 11.7 Å². The Morgan fingerprint density at radius 2 is 1.96 bits per heavy atom. The third kappa shape index (κ3) is 2.73. The summed E-state index contributed by atoms with van der Waals surface area (Å²) in [4.78, 5) is 28.9. The second kappa shape index (κ2) is 6.15. The van der Waals surface area contributed by atoms with E-state index in [0.29, 0.717) is 31.9 Å². The van der Waals surface area contributed by atoms with E-state index in [0.717, 1.165) is 11.6 Å². The van der Waals surface area contributed by atoms with Crippen LogP contribution in [0.3, 0.4) is 0 Å². The molecule has 8 heteroatoms. The van der Waals surface area contributed by atoms with Gasteiger partial charge in [-0.1, -0.05) is 0 Å². The maximum Gasteiger partial charge on any atom is 0.289 e. The highest BCUT2D eigenvalue weighted by Crippen LogP contribution is 2.17. The van der Waals surface area contributed by atoms with Crippen LogP contribution in [0.4, 0.5) is 5.82 Å². The molecule has 0 unspecified atom stereocenters. The average molecular weight is 324 g/mol. The summed E-state index contributed by atoms with van der Waals surface area (Å²) in [6, 6.07) is 5.34. The van der Waals surface area contributed by atoms with Gasteiger partial charge in [-0.2, -0.15) is 0 Å². The number of furan rings is 1. The van der Waals surface area contributed by atoms with E-state index in [4.69, 9.17) is 4.42 Å². The van der Waals surface area contributed by atoms with Gasteiger partial charge in [0.25, 0.3) is 5.91 Å². The van der Waals surface area contributed by atoms with Crippen molar-refractivity contribution in [3.05, 3.63) is 55.3 Å². The van der Waals surface area contributed by atoms with Gasteiger partial charge >= 0.3 is 0 Å². The molecule has 3 aromatic rings. The van der Waals surface area contributed by atoms with E-state index in [9.17, 15) is 4.79 Å². The predicted molar refractivity (Wildman–Crippen MR) is 86.0 cm³/mol. The molecular weight excluding hydrogens is 308 g/mol. The van der Waals surface area contributed by atoms with E-state index >= 15 is 0 Å². The Bertz CT molecular complexity index is 807. The van der Waals surface area contributed by atoms with Crippen LogP contribution in [0.1, 0.15) is 10.6 Å². The van der Waals surface area contributed by atoms with Gasteiger partial charge in [0.2, 0.25) is 0 Å². The first-order chi connectivity index (χ1) is 11.8. The van der Waals surface area contributed by atoms with Crippen molar-refractivity contribution in [1.82, 2.24) is 24.4 Å². The van der Waals surface area contributed by atoms with Crippen LogP contribution in [-0.4, -0.2) is 56.5 Å². The minimum absolute atomic E-state index is 0.0681. The van der Waals surface area contributed by atoms with Crippen molar-refractivity contribution in [2.24, 2.45) is 0 Å². The Balaban J connectivity index is 1.44. The van der Waals surface area contributed by atoms with Gasteiger partial charge in [-0.3, -0.25) is 9.36 Å². The zero-order valence-corrected chi connectivity index (χ0v) is 12.9. The van der Waals surface area contributed by atoms with E-state index < -0.39 is 0 Å². The van der Waals surface area contributed by atoms with Crippen molar-refractivity contribution in [1.29, 1.82) is 0 Å². The van der Waals surface area contributed by atoms with E-state index in [1.54, 1.807) is 35.9 Å². The van der Waals surface area contributed by atoms with Gasteiger partial charge in [0.15, 0.2) is 5.76 Å². The van der Waals surface area contributed by atoms with E-state index in [1.165, 1.54) is 6.26 Å². The predicted octanol–water partition coefficient (Wildman–Crippen LogP) is 1.22. The summed E-state index contributed by atoms with van der Waals surface area (Å²) in [5.41, 5.74) is 0. The lowest BCUT2D eigenvalue weighted by Crippen LogP contribution is -2.49. The summed E-state index contributed by atoms with van der Waals surface area (Å²) in [5, 5.41) is 0. The zero-order chi connectivity index (χ0) is 16.4. The molecule has 0 saturated carbocycles. The molecule has 1 saturated heterocycles. The highest BCUT2D eigenvalue weighted by Gasteiger charge is 2.24. The molecule has 1 aliphatic rings. The number of anilines is 1. The number of nitrogens with zero attached hydrogens (tertiary/aromatic N) is 6. The van der Waals surface area contributed by atoms with Crippen molar-refractivity contribution < 1.29 is 9.21 Å². The number of hydrogen-bond acceptors (Lipinski definition) is 6. The summed E-state index contributed by atoms with van der Waals surface area (Å²) < 4.78 is 7.02. The molecule has 1 fully saturated rings. The molecule has 0 N–H and O–H groups in total. The monoisotopic (exact) mass is 324 g/mol. The Morgan fingerprint density at radius 1 is 1.12 bits per heavy atom. The molecule has 0 aliphatic carbocycles. The third-order valence-electron chi connectivity index (χ3n) is 4.03. The molecule has 0 bridgehead atoms. The quantitative estimate of drug-likeness (QED) is 0.720. The fourth-order valence-electron chi connectivity index (χ4n) is 2.74. The zero-order valence-electron chi connectivity index (χ0n) is 12.9. The van der Waals surface area contributed by atoms with E-state index in [1.807, 2.05) is 16.8 Å². The first kappa shape index (κ1) is 14.4. The first-order valence-electron chi connectivity index (χ1n) is 7.69. The number of hydrogen-bond donors (Lipinski definition) is 0. The third-order valence-corrected chi connectivity index (χ3v) is 4.03. The number of amides is 1. The van der Waals surface area contributed by atoms with Gasteiger partial charge in [0.1, 0.15) is 24.3 Å². The summed E-state index contributed by atoms with van der Waals surface area (Å²) in [6.45, 7) is 2.69. The van der Waals surface area contributed by atoms with Crippen LogP contribution in [0.5, 0.6) is 0 Å². The molecule has 4 rings (SSSR count). The van der Waals surface area contributed by atoms with Crippen LogP contribution in [0, 0.1) is 0 Å². The van der Waals surface area contributed by atoms with Crippen molar-refractivity contribution in [3.63, 3.8) is 0 Å². The molecule has 1 aliphatic heterocycles. The van der Waals surface area contributed by atoms with E-state index in [2.05, 4.69) is 19.9 Å². The van der Waals surface area contributed by atoms with Crippen LogP contribution >= 0.6 is 0 Å². The van der Waals surface area contributed by atoms with E-state index in [-0.39, 0.29) is 5.91 Å². The van der Waals surface area contributed by atoms with Gasteiger partial charge < -0.3 is 14.2 Å². The lowest BCUT2D eigenvalue weighted by atomic mass is 10.3. The second-order valence-electron chi connectivity index (χ2n) is 5.46. The Hall–Kier alpha value is -3.16. The molecule has 122 valence electrons. The average Bonchev–Trinajstić information content (AvgIpc) is 3.35. The van der Waals surface area contributed by atoms with Gasteiger partial charge in [0, 0.05) is 44.6 Å². The topological polar surface area (TPSA) is 80.3 Å². The highest BCUT2D eigenvalue weighted by molar-refractivity contribution is 5.91. The number of piperazine rings is 1. The fraction of sp³-hybridized carbons (Fsp3) is 0.250. The molecule has 0 radical (unpaired) electrons. The minimum atomic E-state index is -0.0681. The first-order valence-corrected chi connectivity index (χ1v) is 7.69. The smallest absolute Gasteiger partial charge is 0.289 e. The van der Waals surface area contributed by atoms with Gasteiger partial charge in [-0.15, -0.1) is 0 Å². The standard InChI is InChI=1S/C16H16N6O2/c23-16(13-2-1-9-24-13)21-7-5-20(6-8-21)14-10-15(19-11-18-14)22-4-3-17-12-22/h1-4,9-12H,5-8H2. The molecule has 4 heterocycles. The SMILES string of the molecule is O=C(c1ccco1)N1CCN(c2cc(-n3ccnc3)ncn2)CC1. The maximum atomic E-state index is 12.3. The van der Waals surface area contributed by atoms with Crippen LogP contribution < -0.4 is 4.90 Å².